The van der Waals surface area contributed by atoms with Gasteiger partial charge < -0.3 is 10.2 Å². The number of phenols is 2. The van der Waals surface area contributed by atoms with E-state index in [4.69, 9.17) is 0 Å². The molecule has 6 aromatic carbocycles. The van der Waals surface area contributed by atoms with Crippen LogP contribution in [0.3, 0.4) is 0 Å². The maximum atomic E-state index is 12.4. The zero-order valence-corrected chi connectivity index (χ0v) is 28.7. The molecule has 6 N–H and O–H groups in total. The Morgan fingerprint density at radius 3 is 1.06 bits per heavy atom. The maximum Gasteiger partial charge on any atom is 0.296 e. The van der Waals surface area contributed by atoms with Crippen LogP contribution in [0.25, 0.3) is 32.3 Å². The standard InChI is InChI=1S/C30H20N4O14S4/c35-29-26-15(13-24(51(43,44)45)27(29)33-31-20-9-11-22(49(37,38)39)18-7-3-1-5-16(18)20)14-25(52(46,47)48)28(30(26)36)34-32-21-10-12-23(50(40,41)42)19-8-4-2-6-17(19)21/h1-14,35-36H,(H,37,38,39)(H,40,41,42)(H,43,44,45)(H,46,47,48)/b33-31+,34-32+. The van der Waals surface area contributed by atoms with Crippen LogP contribution in [0.2, 0.25) is 0 Å². The van der Waals surface area contributed by atoms with Gasteiger partial charge >= 0.3 is 0 Å². The molecule has 268 valence electrons. The summed E-state index contributed by atoms with van der Waals surface area (Å²) < 4.78 is 137. The summed E-state index contributed by atoms with van der Waals surface area (Å²) in [6.45, 7) is 0. The van der Waals surface area contributed by atoms with Crippen molar-refractivity contribution < 1.29 is 62.1 Å². The Balaban J connectivity index is 1.60. The van der Waals surface area contributed by atoms with Gasteiger partial charge in [0.15, 0.2) is 11.5 Å². The Kier molecular flexibility index (Phi) is 8.83. The lowest BCUT2D eigenvalue weighted by molar-refractivity contribution is 0.458. The summed E-state index contributed by atoms with van der Waals surface area (Å²) in [5.41, 5.74) is -2.20. The molecular formula is C30H20N4O14S4. The molecule has 0 saturated carbocycles. The molecule has 0 atom stereocenters. The summed E-state index contributed by atoms with van der Waals surface area (Å²) in [5.74, 6) is -2.38. The second-order valence-corrected chi connectivity index (χ2v) is 16.4. The van der Waals surface area contributed by atoms with E-state index in [9.17, 15) is 62.1 Å². The van der Waals surface area contributed by atoms with Crippen molar-refractivity contribution in [3.63, 3.8) is 0 Å². The smallest absolute Gasteiger partial charge is 0.296 e. The molecule has 52 heavy (non-hydrogen) atoms. The predicted molar refractivity (Wildman–Crippen MR) is 183 cm³/mol. The van der Waals surface area contributed by atoms with Crippen molar-refractivity contribution in [2.45, 2.75) is 19.6 Å². The highest BCUT2D eigenvalue weighted by Crippen LogP contribution is 2.50. The highest BCUT2D eigenvalue weighted by molar-refractivity contribution is 7.86. The van der Waals surface area contributed by atoms with E-state index in [0.717, 1.165) is 24.3 Å². The molecule has 0 fully saturated rings. The number of hydrogen-bond donors (Lipinski definition) is 6. The van der Waals surface area contributed by atoms with Crippen LogP contribution in [0.1, 0.15) is 0 Å². The van der Waals surface area contributed by atoms with Gasteiger partial charge in [0.25, 0.3) is 40.5 Å². The molecule has 0 bridgehead atoms. The topological polar surface area (TPSA) is 307 Å². The SMILES string of the molecule is O=S(=O)(O)c1cc2cc(S(=O)(=O)O)c(/N=N/c3ccc(S(=O)(=O)O)c4ccccc34)c(O)c2c(O)c1/N=N/c1ccc(S(=O)(=O)O)c2ccccc12. The van der Waals surface area contributed by atoms with E-state index in [2.05, 4.69) is 20.5 Å². The first-order chi connectivity index (χ1) is 24.2. The molecule has 22 heteroatoms. The fourth-order valence-electron chi connectivity index (χ4n) is 5.39. The molecule has 0 aromatic heterocycles. The van der Waals surface area contributed by atoms with Gasteiger partial charge in [0.05, 0.1) is 16.8 Å². The first kappa shape index (κ1) is 36.3. The Hall–Kier alpha value is -5.46. The Bertz CT molecular complexity index is 2840. The highest BCUT2D eigenvalue weighted by atomic mass is 32.2. The van der Waals surface area contributed by atoms with Crippen LogP contribution in [0.5, 0.6) is 11.5 Å². The molecule has 6 aromatic rings. The fraction of sp³-hybridized carbons (Fsp3) is 0. The van der Waals surface area contributed by atoms with Crippen molar-refractivity contribution >= 4 is 95.5 Å². The van der Waals surface area contributed by atoms with Crippen molar-refractivity contribution in [3.8, 4) is 11.5 Å². The molecule has 0 heterocycles. The number of azo groups is 2. The third-order valence-electron chi connectivity index (χ3n) is 7.60. The van der Waals surface area contributed by atoms with Crippen molar-refractivity contribution in [3.05, 3.63) is 84.9 Å². The summed E-state index contributed by atoms with van der Waals surface area (Å²) in [6, 6.07) is 16.7. The lowest BCUT2D eigenvalue weighted by atomic mass is 10.1. The van der Waals surface area contributed by atoms with E-state index in [1.54, 1.807) is 0 Å². The van der Waals surface area contributed by atoms with Crippen LogP contribution < -0.4 is 0 Å². The van der Waals surface area contributed by atoms with Gasteiger partial charge in [-0.05, 0) is 41.8 Å². The van der Waals surface area contributed by atoms with Crippen LogP contribution in [0.15, 0.2) is 125 Å². The minimum absolute atomic E-state index is 0.00928. The van der Waals surface area contributed by atoms with Gasteiger partial charge in [-0.1, -0.05) is 48.5 Å². The van der Waals surface area contributed by atoms with Crippen LogP contribution in [0, 0.1) is 0 Å². The van der Waals surface area contributed by atoms with Gasteiger partial charge in [0.2, 0.25) is 0 Å². The highest BCUT2D eigenvalue weighted by Gasteiger charge is 2.29. The van der Waals surface area contributed by atoms with Crippen LogP contribution in [-0.2, 0) is 40.5 Å². The second kappa shape index (κ2) is 12.6. The second-order valence-electron chi connectivity index (χ2n) is 10.8. The molecular weight excluding hydrogens is 769 g/mol. The zero-order valence-electron chi connectivity index (χ0n) is 25.5. The molecule has 0 amide bonds. The lowest BCUT2D eigenvalue weighted by Gasteiger charge is -2.13. The molecule has 0 spiro atoms. The van der Waals surface area contributed by atoms with Crippen molar-refractivity contribution in [2.24, 2.45) is 20.5 Å². The number of nitrogens with zero attached hydrogens (tertiary/aromatic N) is 4. The number of hydrogen-bond acceptors (Lipinski definition) is 14. The van der Waals surface area contributed by atoms with E-state index in [1.165, 1.54) is 48.5 Å². The minimum atomic E-state index is -5.30. The van der Waals surface area contributed by atoms with Gasteiger partial charge in [-0.15, -0.1) is 20.5 Å². The molecule has 0 radical (unpaired) electrons. The predicted octanol–water partition coefficient (Wildman–Crippen LogP) is 6.38. The van der Waals surface area contributed by atoms with Gasteiger partial charge in [0.1, 0.15) is 31.0 Å². The first-order valence-corrected chi connectivity index (χ1v) is 19.8. The molecule has 0 aliphatic rings. The minimum Gasteiger partial charge on any atom is -0.505 e. The van der Waals surface area contributed by atoms with E-state index in [-0.39, 0.29) is 32.9 Å². The van der Waals surface area contributed by atoms with Crippen molar-refractivity contribution in [2.75, 3.05) is 0 Å². The maximum absolute atomic E-state index is 12.4. The zero-order chi connectivity index (χ0) is 38.0. The molecule has 0 unspecified atom stereocenters. The number of phenolic OH excluding ortho intramolecular Hbond substituents is 2. The quantitative estimate of drug-likeness (QED) is 0.0721. The van der Waals surface area contributed by atoms with Gasteiger partial charge in [0, 0.05) is 21.5 Å². The van der Waals surface area contributed by atoms with E-state index >= 15 is 0 Å². The van der Waals surface area contributed by atoms with Gasteiger partial charge in [-0.3, -0.25) is 18.2 Å². The lowest BCUT2D eigenvalue weighted by Crippen LogP contribution is -2.02. The third kappa shape index (κ3) is 6.67. The number of aromatic hydroxyl groups is 2. The summed E-state index contributed by atoms with van der Waals surface area (Å²) in [4.78, 5) is -3.25. The van der Waals surface area contributed by atoms with E-state index < -0.39 is 93.7 Å². The normalized spacial score (nSPS) is 13.2. The number of rotatable bonds is 8. The number of fused-ring (bicyclic) bond motifs is 3. The van der Waals surface area contributed by atoms with Crippen LogP contribution in [-0.4, -0.2) is 62.1 Å². The third-order valence-corrected chi connectivity index (χ3v) is 11.2. The Labute approximate surface area is 293 Å². The summed E-state index contributed by atoms with van der Waals surface area (Å²) in [5, 5.41) is 36.8. The Morgan fingerprint density at radius 1 is 0.404 bits per heavy atom. The average molecular weight is 789 g/mol. The summed E-state index contributed by atoms with van der Waals surface area (Å²) in [7, 11) is -20.0. The fourth-order valence-corrected chi connectivity index (χ4v) is 8.10. The van der Waals surface area contributed by atoms with Crippen LogP contribution in [0.4, 0.5) is 22.7 Å². The molecule has 0 aliphatic carbocycles. The molecule has 6 rings (SSSR count). The van der Waals surface area contributed by atoms with Crippen molar-refractivity contribution in [1.82, 2.24) is 0 Å². The van der Waals surface area contributed by atoms with E-state index in [1.807, 2.05) is 0 Å². The molecule has 0 aliphatic heterocycles. The molecule has 18 nitrogen and oxygen atoms in total. The van der Waals surface area contributed by atoms with Crippen molar-refractivity contribution in [1.29, 1.82) is 0 Å². The average Bonchev–Trinajstić information content (AvgIpc) is 3.04. The van der Waals surface area contributed by atoms with Gasteiger partial charge in [-0.25, -0.2) is 0 Å². The van der Waals surface area contributed by atoms with Crippen LogP contribution >= 0.6 is 0 Å². The van der Waals surface area contributed by atoms with E-state index in [0.29, 0.717) is 12.1 Å². The van der Waals surface area contributed by atoms with Gasteiger partial charge in [-0.2, -0.15) is 33.7 Å². The first-order valence-electron chi connectivity index (χ1n) is 14.0. The summed E-state index contributed by atoms with van der Waals surface area (Å²) >= 11 is 0. The summed E-state index contributed by atoms with van der Waals surface area (Å²) in [6.07, 6.45) is 0. The molecule has 0 saturated heterocycles. The largest absolute Gasteiger partial charge is 0.505 e. The Morgan fingerprint density at radius 2 is 0.731 bits per heavy atom. The number of benzene rings is 6. The monoisotopic (exact) mass is 788 g/mol.